The van der Waals surface area contributed by atoms with Crippen LogP contribution in [0, 0.1) is 17.1 Å². The van der Waals surface area contributed by atoms with Crippen molar-refractivity contribution in [1.82, 2.24) is 9.78 Å². The molecule has 0 spiro atoms. The number of anilines is 1. The van der Waals surface area contributed by atoms with Gasteiger partial charge in [-0.1, -0.05) is 18.2 Å². The highest BCUT2D eigenvalue weighted by atomic mass is 19.1. The summed E-state index contributed by atoms with van der Waals surface area (Å²) in [6, 6.07) is 13.4. The highest BCUT2D eigenvalue weighted by molar-refractivity contribution is 5.95. The first kappa shape index (κ1) is 21.3. The van der Waals surface area contributed by atoms with Crippen LogP contribution in [-0.2, 0) is 11.2 Å². The Balaban J connectivity index is 1.51. The zero-order chi connectivity index (χ0) is 22.7. The Labute approximate surface area is 184 Å². The fraction of sp³-hybridized carbons (Fsp3) is 0.261. The summed E-state index contributed by atoms with van der Waals surface area (Å²) in [7, 11) is 0. The van der Waals surface area contributed by atoms with Crippen LogP contribution in [0.4, 0.5) is 10.2 Å². The highest BCUT2D eigenvalue weighted by Crippen LogP contribution is 2.32. The number of nitrogens with two attached hydrogens (primary N) is 2. The van der Waals surface area contributed by atoms with E-state index in [1.807, 2.05) is 6.07 Å². The molecule has 2 heterocycles. The van der Waals surface area contributed by atoms with Crippen molar-refractivity contribution in [2.45, 2.75) is 18.9 Å². The number of halogens is 1. The molecule has 8 nitrogen and oxygen atoms in total. The van der Waals surface area contributed by atoms with Crippen molar-refractivity contribution in [1.29, 1.82) is 5.26 Å². The van der Waals surface area contributed by atoms with Crippen molar-refractivity contribution >= 4 is 11.7 Å². The monoisotopic (exact) mass is 435 g/mol. The predicted octanol–water partition coefficient (Wildman–Crippen LogP) is 2.82. The first-order valence-electron chi connectivity index (χ1n) is 10.2. The number of nitriles is 1. The SMILES string of the molecule is N#Cc1c(-c2ccc(CCOc3ccccc3C(N)=O)cc2F)nn(C2CCOC2)c1N. The average molecular weight is 435 g/mol. The third kappa shape index (κ3) is 4.13. The summed E-state index contributed by atoms with van der Waals surface area (Å²) in [5, 5.41) is 14.0. The molecule has 1 aliphatic rings. The smallest absolute Gasteiger partial charge is 0.252 e. The molecular weight excluding hydrogens is 413 g/mol. The van der Waals surface area contributed by atoms with Gasteiger partial charge in [-0.3, -0.25) is 4.79 Å². The standard InChI is InChI=1S/C23H22FN5O3/c24-19-11-14(7-10-32-20-4-2-1-3-17(20)23(27)30)5-6-16(19)21-18(12-25)22(26)29(28-21)15-8-9-31-13-15/h1-6,11,15H,7-10,13,26H2,(H2,27,30). The number of hydrogen-bond donors (Lipinski definition) is 2. The average Bonchev–Trinajstić information content (AvgIpc) is 3.42. The number of primary amides is 1. The maximum atomic E-state index is 15.0. The van der Waals surface area contributed by atoms with Crippen LogP contribution in [0.3, 0.4) is 0 Å². The van der Waals surface area contributed by atoms with Gasteiger partial charge in [-0.05, 0) is 36.2 Å². The molecule has 1 fully saturated rings. The van der Waals surface area contributed by atoms with Gasteiger partial charge in [0.1, 0.15) is 34.7 Å². The molecule has 1 aromatic heterocycles. The summed E-state index contributed by atoms with van der Waals surface area (Å²) in [5.41, 5.74) is 13.0. The van der Waals surface area contributed by atoms with Gasteiger partial charge in [-0.25, -0.2) is 9.07 Å². The summed E-state index contributed by atoms with van der Waals surface area (Å²) in [6.07, 6.45) is 1.14. The second-order valence-corrected chi connectivity index (χ2v) is 7.46. The van der Waals surface area contributed by atoms with Crippen molar-refractivity contribution in [2.24, 2.45) is 5.73 Å². The summed E-state index contributed by atoms with van der Waals surface area (Å²) < 4.78 is 27.6. The minimum atomic E-state index is -0.577. The largest absolute Gasteiger partial charge is 0.492 e. The normalized spacial score (nSPS) is 15.4. The van der Waals surface area contributed by atoms with Gasteiger partial charge >= 0.3 is 0 Å². The molecule has 9 heteroatoms. The van der Waals surface area contributed by atoms with Crippen molar-refractivity contribution in [3.63, 3.8) is 0 Å². The molecule has 4 N–H and O–H groups in total. The lowest BCUT2D eigenvalue weighted by Gasteiger charge is -2.10. The molecule has 32 heavy (non-hydrogen) atoms. The van der Waals surface area contributed by atoms with E-state index >= 15 is 0 Å². The number of carbonyl (C=O) groups excluding carboxylic acids is 1. The fourth-order valence-corrected chi connectivity index (χ4v) is 3.72. The lowest BCUT2D eigenvalue weighted by molar-refractivity contribution is 0.0996. The maximum absolute atomic E-state index is 15.0. The van der Waals surface area contributed by atoms with E-state index in [1.165, 1.54) is 6.07 Å². The van der Waals surface area contributed by atoms with Crippen LogP contribution in [-0.4, -0.2) is 35.5 Å². The number of benzene rings is 2. The molecule has 3 aromatic rings. The molecule has 1 atom stereocenters. The van der Waals surface area contributed by atoms with Crippen LogP contribution in [0.15, 0.2) is 42.5 Å². The number of para-hydroxylation sites is 1. The third-order valence-corrected chi connectivity index (χ3v) is 5.40. The summed E-state index contributed by atoms with van der Waals surface area (Å²) in [5.74, 6) is -0.494. The molecule has 0 radical (unpaired) electrons. The van der Waals surface area contributed by atoms with E-state index in [2.05, 4.69) is 5.10 Å². The van der Waals surface area contributed by atoms with E-state index in [4.69, 9.17) is 20.9 Å². The van der Waals surface area contributed by atoms with Gasteiger partial charge in [0.2, 0.25) is 0 Å². The van der Waals surface area contributed by atoms with Crippen molar-refractivity contribution in [2.75, 3.05) is 25.6 Å². The van der Waals surface area contributed by atoms with Crippen LogP contribution < -0.4 is 16.2 Å². The van der Waals surface area contributed by atoms with E-state index in [9.17, 15) is 14.4 Å². The molecule has 1 amide bonds. The molecule has 164 valence electrons. The molecule has 1 saturated heterocycles. The number of carbonyl (C=O) groups is 1. The minimum absolute atomic E-state index is 0.0707. The molecular formula is C23H22FN5O3. The van der Waals surface area contributed by atoms with E-state index in [-0.39, 0.29) is 35.3 Å². The fourth-order valence-electron chi connectivity index (χ4n) is 3.72. The quantitative estimate of drug-likeness (QED) is 0.587. The van der Waals surface area contributed by atoms with E-state index in [0.717, 1.165) is 6.42 Å². The minimum Gasteiger partial charge on any atom is -0.492 e. The summed E-state index contributed by atoms with van der Waals surface area (Å²) in [6.45, 7) is 1.28. The molecule has 4 rings (SSSR count). The zero-order valence-electron chi connectivity index (χ0n) is 17.3. The van der Waals surface area contributed by atoms with Gasteiger partial charge < -0.3 is 20.9 Å². The van der Waals surface area contributed by atoms with Gasteiger partial charge in [0.25, 0.3) is 5.91 Å². The van der Waals surface area contributed by atoms with E-state index in [1.54, 1.807) is 41.1 Å². The Morgan fingerprint density at radius 2 is 2.16 bits per heavy atom. The van der Waals surface area contributed by atoms with Crippen molar-refractivity contribution in [3.8, 4) is 23.1 Å². The molecule has 1 aliphatic heterocycles. The van der Waals surface area contributed by atoms with Gasteiger partial charge in [-0.2, -0.15) is 10.4 Å². The molecule has 2 aromatic carbocycles. The Bertz CT molecular complexity index is 1190. The number of ether oxygens (including phenoxy) is 2. The molecule has 1 unspecified atom stereocenters. The van der Waals surface area contributed by atoms with E-state index in [0.29, 0.717) is 36.5 Å². The third-order valence-electron chi connectivity index (χ3n) is 5.40. The molecule has 0 saturated carbocycles. The Morgan fingerprint density at radius 3 is 2.84 bits per heavy atom. The number of nitrogen functional groups attached to an aromatic ring is 1. The van der Waals surface area contributed by atoms with Crippen LogP contribution in [0.5, 0.6) is 5.75 Å². The van der Waals surface area contributed by atoms with Gasteiger partial charge in [0.15, 0.2) is 0 Å². The highest BCUT2D eigenvalue weighted by Gasteiger charge is 2.26. The first-order valence-corrected chi connectivity index (χ1v) is 10.2. The number of amides is 1. The number of hydrogen-bond acceptors (Lipinski definition) is 6. The topological polar surface area (TPSA) is 129 Å². The first-order chi connectivity index (χ1) is 15.5. The number of nitrogens with zero attached hydrogens (tertiary/aromatic N) is 3. The van der Waals surface area contributed by atoms with Crippen LogP contribution in [0.1, 0.15) is 33.9 Å². The lowest BCUT2D eigenvalue weighted by Crippen LogP contribution is -2.13. The van der Waals surface area contributed by atoms with Crippen LogP contribution in [0.25, 0.3) is 11.3 Å². The Kier molecular flexibility index (Phi) is 6.05. The Morgan fingerprint density at radius 1 is 1.34 bits per heavy atom. The number of aromatic nitrogens is 2. The summed E-state index contributed by atoms with van der Waals surface area (Å²) in [4.78, 5) is 11.5. The molecule has 0 bridgehead atoms. The second kappa shape index (κ2) is 9.08. The maximum Gasteiger partial charge on any atom is 0.252 e. The number of rotatable bonds is 7. The predicted molar refractivity (Wildman–Crippen MR) is 115 cm³/mol. The van der Waals surface area contributed by atoms with Gasteiger partial charge in [0.05, 0.1) is 24.8 Å². The van der Waals surface area contributed by atoms with Crippen molar-refractivity contribution < 1.29 is 18.7 Å². The van der Waals surface area contributed by atoms with Crippen LogP contribution >= 0.6 is 0 Å². The lowest BCUT2D eigenvalue weighted by atomic mass is 10.0. The zero-order valence-corrected chi connectivity index (χ0v) is 17.3. The second-order valence-electron chi connectivity index (χ2n) is 7.46. The van der Waals surface area contributed by atoms with Gasteiger partial charge in [0, 0.05) is 18.6 Å². The van der Waals surface area contributed by atoms with Crippen LogP contribution in [0.2, 0.25) is 0 Å². The molecule has 0 aliphatic carbocycles. The van der Waals surface area contributed by atoms with E-state index < -0.39 is 11.7 Å². The van der Waals surface area contributed by atoms with Gasteiger partial charge in [-0.15, -0.1) is 0 Å². The Hall–Kier alpha value is -3.90. The van der Waals surface area contributed by atoms with Crippen molar-refractivity contribution in [3.05, 3.63) is 65.0 Å². The summed E-state index contributed by atoms with van der Waals surface area (Å²) >= 11 is 0.